The van der Waals surface area contributed by atoms with Gasteiger partial charge in [-0.25, -0.2) is 23.1 Å². The van der Waals surface area contributed by atoms with E-state index in [1.807, 2.05) is 0 Å². The Morgan fingerprint density at radius 3 is 2.60 bits per heavy atom. The van der Waals surface area contributed by atoms with Gasteiger partial charge in [-0.15, -0.1) is 0 Å². The summed E-state index contributed by atoms with van der Waals surface area (Å²) in [6.45, 7) is 1.97. The molecule has 0 saturated heterocycles. The Labute approximate surface area is 198 Å². The third-order valence-electron chi connectivity index (χ3n) is 5.12. The second kappa shape index (κ2) is 10.3. The predicted octanol–water partition coefficient (Wildman–Crippen LogP) is 4.54. The van der Waals surface area contributed by atoms with E-state index >= 15 is 0 Å². The average Bonchev–Trinajstić information content (AvgIpc) is 3.28. The lowest BCUT2D eigenvalue weighted by Gasteiger charge is -2.17. The third-order valence-corrected chi connectivity index (χ3v) is 5.12. The van der Waals surface area contributed by atoms with Crippen molar-refractivity contribution in [1.82, 2.24) is 24.5 Å². The number of imidazole rings is 1. The Hall–Kier alpha value is -4.28. The van der Waals surface area contributed by atoms with Gasteiger partial charge in [-0.2, -0.15) is 4.98 Å². The van der Waals surface area contributed by atoms with Crippen molar-refractivity contribution in [1.29, 1.82) is 0 Å². The van der Waals surface area contributed by atoms with Crippen LogP contribution in [0.1, 0.15) is 30.1 Å². The van der Waals surface area contributed by atoms with Crippen LogP contribution in [0.25, 0.3) is 22.4 Å². The number of nitrogens with zero attached hydrogens (tertiary/aromatic N) is 5. The lowest BCUT2D eigenvalue weighted by molar-refractivity contribution is -0.108. The summed E-state index contributed by atoms with van der Waals surface area (Å²) in [4.78, 5) is 27.4. The number of benzene rings is 1. The molecule has 3 aromatic heterocycles. The van der Waals surface area contributed by atoms with Gasteiger partial charge in [-0.3, -0.25) is 4.98 Å². The fourth-order valence-corrected chi connectivity index (χ4v) is 3.60. The molecule has 180 valence electrons. The van der Waals surface area contributed by atoms with Crippen LogP contribution in [0.5, 0.6) is 5.88 Å². The van der Waals surface area contributed by atoms with Crippen molar-refractivity contribution in [2.24, 2.45) is 0 Å². The summed E-state index contributed by atoms with van der Waals surface area (Å²) in [7, 11) is 0. The van der Waals surface area contributed by atoms with Crippen LogP contribution in [0.15, 0.2) is 48.8 Å². The summed E-state index contributed by atoms with van der Waals surface area (Å²) in [5.41, 5.74) is 7.30. The van der Waals surface area contributed by atoms with E-state index in [1.165, 1.54) is 30.3 Å². The van der Waals surface area contributed by atoms with Crippen LogP contribution in [0, 0.1) is 12.7 Å². The van der Waals surface area contributed by atoms with Gasteiger partial charge < -0.3 is 19.8 Å². The second-order valence-electron chi connectivity index (χ2n) is 7.62. The number of aryl methyl sites for hydroxylation is 2. The summed E-state index contributed by atoms with van der Waals surface area (Å²) >= 11 is 0. The standard InChI is InChI=1S/C24H21F3N6O2/c1-14-11-16(12-18(30-14)22(26)27)20-21(15-3-5-17(25)6-4-15)31-24(28)32-23(20)35-13-19-29-7-9-33(19)8-2-10-34/h3-7,9-12,22H,2,8,13H2,1H3,(H2,28,31,32). The molecule has 8 nitrogen and oxygen atoms in total. The number of ether oxygens (including phenoxy) is 1. The van der Waals surface area contributed by atoms with Crippen LogP contribution in [-0.4, -0.2) is 30.8 Å². The van der Waals surface area contributed by atoms with Gasteiger partial charge in [0.2, 0.25) is 11.8 Å². The molecule has 0 unspecified atom stereocenters. The maximum atomic E-state index is 13.6. The normalized spacial score (nSPS) is 11.1. The number of hydrogen-bond donors (Lipinski definition) is 1. The van der Waals surface area contributed by atoms with E-state index in [4.69, 9.17) is 10.5 Å². The first-order chi connectivity index (χ1) is 16.9. The van der Waals surface area contributed by atoms with Gasteiger partial charge in [0.1, 0.15) is 30.2 Å². The lowest BCUT2D eigenvalue weighted by atomic mass is 9.99. The zero-order valence-corrected chi connectivity index (χ0v) is 18.7. The summed E-state index contributed by atoms with van der Waals surface area (Å²) in [5.74, 6) is -0.00647. The number of alkyl halides is 2. The van der Waals surface area contributed by atoms with Crippen LogP contribution in [0.3, 0.4) is 0 Å². The summed E-state index contributed by atoms with van der Waals surface area (Å²) in [5, 5.41) is 0. The molecule has 0 fully saturated rings. The fraction of sp³-hybridized carbons (Fsp3) is 0.208. The van der Waals surface area contributed by atoms with Gasteiger partial charge in [-0.1, -0.05) is 0 Å². The molecule has 4 aromatic rings. The average molecular weight is 482 g/mol. The van der Waals surface area contributed by atoms with E-state index in [-0.39, 0.29) is 24.1 Å². The summed E-state index contributed by atoms with van der Waals surface area (Å²) < 4.78 is 48.4. The molecule has 3 heterocycles. The van der Waals surface area contributed by atoms with Crippen LogP contribution >= 0.6 is 0 Å². The molecule has 0 bridgehead atoms. The maximum Gasteiger partial charge on any atom is 0.280 e. The number of carbonyl (C=O) groups excluding carboxylic acids is 1. The number of hydrogen-bond acceptors (Lipinski definition) is 7. The van der Waals surface area contributed by atoms with Gasteiger partial charge >= 0.3 is 0 Å². The van der Waals surface area contributed by atoms with E-state index in [0.717, 1.165) is 6.29 Å². The van der Waals surface area contributed by atoms with E-state index in [1.54, 1.807) is 30.0 Å². The minimum absolute atomic E-state index is 0.0348. The van der Waals surface area contributed by atoms with Gasteiger partial charge in [0.05, 0.1) is 11.3 Å². The van der Waals surface area contributed by atoms with Crippen molar-refractivity contribution < 1.29 is 22.7 Å². The molecule has 0 amide bonds. The first-order valence-corrected chi connectivity index (χ1v) is 10.6. The summed E-state index contributed by atoms with van der Waals surface area (Å²) in [6.07, 6.45) is 1.59. The predicted molar refractivity (Wildman–Crippen MR) is 122 cm³/mol. The first-order valence-electron chi connectivity index (χ1n) is 10.6. The smallest absolute Gasteiger partial charge is 0.280 e. The Kier molecular flexibility index (Phi) is 7.04. The molecule has 35 heavy (non-hydrogen) atoms. The molecule has 2 N–H and O–H groups in total. The highest BCUT2D eigenvalue weighted by Crippen LogP contribution is 2.39. The highest BCUT2D eigenvalue weighted by atomic mass is 19.3. The third kappa shape index (κ3) is 5.45. The Bertz CT molecular complexity index is 1340. The topological polar surface area (TPSA) is 109 Å². The van der Waals surface area contributed by atoms with E-state index < -0.39 is 17.9 Å². The van der Waals surface area contributed by atoms with Crippen molar-refractivity contribution in [3.8, 4) is 28.3 Å². The van der Waals surface area contributed by atoms with Crippen LogP contribution in [0.2, 0.25) is 0 Å². The number of aldehydes is 1. The minimum atomic E-state index is -2.80. The molecule has 0 saturated carbocycles. The number of aromatic nitrogens is 5. The van der Waals surface area contributed by atoms with Gasteiger partial charge in [-0.05, 0) is 48.9 Å². The van der Waals surface area contributed by atoms with Crippen molar-refractivity contribution in [2.75, 3.05) is 5.73 Å². The molecule has 0 aliphatic heterocycles. The highest BCUT2D eigenvalue weighted by Gasteiger charge is 2.22. The zero-order valence-electron chi connectivity index (χ0n) is 18.7. The fourth-order valence-electron chi connectivity index (χ4n) is 3.60. The van der Waals surface area contributed by atoms with E-state index in [0.29, 0.717) is 41.2 Å². The number of halogens is 3. The van der Waals surface area contributed by atoms with Crippen molar-refractivity contribution in [3.05, 3.63) is 71.8 Å². The Morgan fingerprint density at radius 2 is 1.89 bits per heavy atom. The zero-order chi connectivity index (χ0) is 24.9. The van der Waals surface area contributed by atoms with Gasteiger partial charge in [0.25, 0.3) is 6.43 Å². The number of nitrogens with two attached hydrogens (primary N) is 1. The highest BCUT2D eigenvalue weighted by molar-refractivity contribution is 5.85. The number of pyridine rings is 1. The maximum absolute atomic E-state index is 13.6. The van der Waals surface area contributed by atoms with Crippen LogP contribution in [-0.2, 0) is 17.9 Å². The van der Waals surface area contributed by atoms with Crippen molar-refractivity contribution >= 4 is 12.2 Å². The largest absolute Gasteiger partial charge is 0.469 e. The van der Waals surface area contributed by atoms with E-state index in [9.17, 15) is 18.0 Å². The summed E-state index contributed by atoms with van der Waals surface area (Å²) in [6, 6.07) is 8.34. The number of carbonyl (C=O) groups is 1. The number of anilines is 1. The molecule has 0 aliphatic carbocycles. The molecule has 0 atom stereocenters. The first kappa shape index (κ1) is 23.9. The Balaban J connectivity index is 1.84. The van der Waals surface area contributed by atoms with E-state index in [2.05, 4.69) is 19.9 Å². The van der Waals surface area contributed by atoms with Gasteiger partial charge in [0, 0.05) is 36.6 Å². The van der Waals surface area contributed by atoms with Crippen molar-refractivity contribution in [2.45, 2.75) is 32.9 Å². The molecule has 0 aliphatic rings. The van der Waals surface area contributed by atoms with Crippen molar-refractivity contribution in [3.63, 3.8) is 0 Å². The SMILES string of the molecule is Cc1cc(-c2c(OCc3nccn3CCC=O)nc(N)nc2-c2ccc(F)cc2)cc(C(F)F)n1. The molecule has 0 radical (unpaired) electrons. The monoisotopic (exact) mass is 482 g/mol. The molecule has 11 heteroatoms. The quantitative estimate of drug-likeness (QED) is 0.349. The molecule has 1 aromatic carbocycles. The van der Waals surface area contributed by atoms with Gasteiger partial charge in [0.15, 0.2) is 0 Å². The van der Waals surface area contributed by atoms with Crippen LogP contribution in [0.4, 0.5) is 19.1 Å². The lowest BCUT2D eigenvalue weighted by Crippen LogP contribution is -2.10. The molecular formula is C24H21F3N6O2. The second-order valence-corrected chi connectivity index (χ2v) is 7.62. The van der Waals surface area contributed by atoms with Crippen LogP contribution < -0.4 is 10.5 Å². The molecular weight excluding hydrogens is 461 g/mol. The minimum Gasteiger partial charge on any atom is -0.469 e. The molecule has 4 rings (SSSR count). The Morgan fingerprint density at radius 1 is 1.11 bits per heavy atom. The number of rotatable bonds is 9. The molecule has 0 spiro atoms. The number of nitrogen functional groups attached to an aromatic ring is 1.